The molecule has 0 aliphatic carbocycles. The summed E-state index contributed by atoms with van der Waals surface area (Å²) in [6, 6.07) is 2.43. The standard InChI is InChI=1S/C17H26N4O/c1-4-21-12-15(14(3)18-21)11-20-9-7-5-6-8-16(20)17-10-13(2)19-22-17/h10,12,16H,4-9,11H2,1-3H3/t16-/m1/s1. The van der Waals surface area contributed by atoms with Gasteiger partial charge in [0.25, 0.3) is 0 Å². The van der Waals surface area contributed by atoms with Crippen molar-refractivity contribution in [2.24, 2.45) is 0 Å². The molecule has 0 unspecified atom stereocenters. The minimum absolute atomic E-state index is 0.341. The summed E-state index contributed by atoms with van der Waals surface area (Å²) in [7, 11) is 0. The van der Waals surface area contributed by atoms with Gasteiger partial charge in [0.15, 0.2) is 5.76 Å². The zero-order chi connectivity index (χ0) is 15.5. The molecule has 2 aromatic rings. The highest BCUT2D eigenvalue weighted by atomic mass is 16.5. The molecule has 1 atom stereocenters. The summed E-state index contributed by atoms with van der Waals surface area (Å²) >= 11 is 0. The smallest absolute Gasteiger partial charge is 0.154 e. The largest absolute Gasteiger partial charge is 0.359 e. The number of hydrogen-bond donors (Lipinski definition) is 0. The Bertz CT molecular complexity index is 616. The minimum atomic E-state index is 0.341. The van der Waals surface area contributed by atoms with E-state index in [0.717, 1.165) is 43.2 Å². The topological polar surface area (TPSA) is 47.1 Å². The van der Waals surface area contributed by atoms with Crippen molar-refractivity contribution in [3.8, 4) is 0 Å². The Morgan fingerprint density at radius 1 is 1.27 bits per heavy atom. The van der Waals surface area contributed by atoms with E-state index in [1.54, 1.807) is 0 Å². The molecule has 0 aromatic carbocycles. The SMILES string of the molecule is CCn1cc(CN2CCCCC[C@@H]2c2cc(C)no2)c(C)n1. The lowest BCUT2D eigenvalue weighted by Gasteiger charge is -2.27. The quantitative estimate of drug-likeness (QED) is 0.865. The fourth-order valence-corrected chi connectivity index (χ4v) is 3.31. The fourth-order valence-electron chi connectivity index (χ4n) is 3.31. The van der Waals surface area contributed by atoms with Gasteiger partial charge in [0.1, 0.15) is 0 Å². The van der Waals surface area contributed by atoms with Gasteiger partial charge in [-0.15, -0.1) is 0 Å². The predicted molar refractivity (Wildman–Crippen MR) is 85.5 cm³/mol. The number of rotatable bonds is 4. The normalized spacial score (nSPS) is 20.2. The number of aryl methyl sites for hydroxylation is 3. The maximum atomic E-state index is 5.57. The first kappa shape index (κ1) is 15.3. The molecule has 3 heterocycles. The van der Waals surface area contributed by atoms with E-state index in [4.69, 9.17) is 4.52 Å². The summed E-state index contributed by atoms with van der Waals surface area (Å²) < 4.78 is 7.60. The van der Waals surface area contributed by atoms with Crippen LogP contribution in [0.3, 0.4) is 0 Å². The summed E-state index contributed by atoms with van der Waals surface area (Å²) in [6.07, 6.45) is 7.14. The zero-order valence-corrected chi connectivity index (χ0v) is 13.9. The summed E-state index contributed by atoms with van der Waals surface area (Å²) in [5.74, 6) is 1.01. The van der Waals surface area contributed by atoms with Gasteiger partial charge in [0.05, 0.1) is 17.4 Å². The van der Waals surface area contributed by atoms with E-state index in [1.165, 1.54) is 24.8 Å². The molecule has 1 aliphatic rings. The van der Waals surface area contributed by atoms with Crippen LogP contribution in [0, 0.1) is 13.8 Å². The lowest BCUT2D eigenvalue weighted by atomic mass is 10.1. The Labute approximate surface area is 132 Å². The highest BCUT2D eigenvalue weighted by Crippen LogP contribution is 2.32. The van der Waals surface area contributed by atoms with E-state index in [-0.39, 0.29) is 0 Å². The van der Waals surface area contributed by atoms with Crippen molar-refractivity contribution < 1.29 is 4.52 Å². The number of aromatic nitrogens is 3. The molecule has 5 nitrogen and oxygen atoms in total. The molecule has 1 saturated heterocycles. The Morgan fingerprint density at radius 3 is 2.82 bits per heavy atom. The third kappa shape index (κ3) is 3.24. The third-order valence-electron chi connectivity index (χ3n) is 4.58. The van der Waals surface area contributed by atoms with Crippen LogP contribution in [0.2, 0.25) is 0 Å². The van der Waals surface area contributed by atoms with E-state index in [1.807, 2.05) is 11.6 Å². The lowest BCUT2D eigenvalue weighted by Crippen LogP contribution is -2.28. The van der Waals surface area contributed by atoms with Crippen molar-refractivity contribution in [2.75, 3.05) is 6.54 Å². The second-order valence-electron chi connectivity index (χ2n) is 6.30. The van der Waals surface area contributed by atoms with Crippen LogP contribution in [0.1, 0.15) is 61.4 Å². The van der Waals surface area contributed by atoms with Crippen LogP contribution in [0.15, 0.2) is 16.8 Å². The maximum Gasteiger partial charge on any atom is 0.154 e. The number of nitrogens with zero attached hydrogens (tertiary/aromatic N) is 4. The van der Waals surface area contributed by atoms with Gasteiger partial charge < -0.3 is 4.52 Å². The van der Waals surface area contributed by atoms with E-state index >= 15 is 0 Å². The van der Waals surface area contributed by atoms with Gasteiger partial charge in [0, 0.05) is 30.9 Å². The van der Waals surface area contributed by atoms with Crippen molar-refractivity contribution in [3.05, 3.63) is 35.0 Å². The van der Waals surface area contributed by atoms with Crippen molar-refractivity contribution >= 4 is 0 Å². The maximum absolute atomic E-state index is 5.57. The second kappa shape index (κ2) is 6.65. The molecule has 0 saturated carbocycles. The van der Waals surface area contributed by atoms with E-state index in [9.17, 15) is 0 Å². The second-order valence-corrected chi connectivity index (χ2v) is 6.30. The molecular weight excluding hydrogens is 276 g/mol. The van der Waals surface area contributed by atoms with Crippen molar-refractivity contribution in [2.45, 2.75) is 65.6 Å². The fraction of sp³-hybridized carbons (Fsp3) is 0.647. The van der Waals surface area contributed by atoms with Crippen LogP contribution in [-0.4, -0.2) is 26.4 Å². The molecule has 0 N–H and O–H groups in total. The van der Waals surface area contributed by atoms with Crippen LogP contribution in [0.5, 0.6) is 0 Å². The molecule has 3 rings (SSSR count). The number of hydrogen-bond acceptors (Lipinski definition) is 4. The first-order valence-electron chi connectivity index (χ1n) is 8.37. The van der Waals surface area contributed by atoms with E-state index in [2.05, 4.69) is 41.3 Å². The van der Waals surface area contributed by atoms with Crippen LogP contribution in [0.4, 0.5) is 0 Å². The van der Waals surface area contributed by atoms with Gasteiger partial charge in [0.2, 0.25) is 0 Å². The van der Waals surface area contributed by atoms with Gasteiger partial charge in [-0.3, -0.25) is 9.58 Å². The summed E-state index contributed by atoms with van der Waals surface area (Å²) in [4.78, 5) is 2.54. The van der Waals surface area contributed by atoms with Crippen LogP contribution < -0.4 is 0 Å². The minimum Gasteiger partial charge on any atom is -0.359 e. The predicted octanol–water partition coefficient (Wildman–Crippen LogP) is 3.63. The van der Waals surface area contributed by atoms with Gasteiger partial charge >= 0.3 is 0 Å². The third-order valence-corrected chi connectivity index (χ3v) is 4.58. The summed E-state index contributed by atoms with van der Waals surface area (Å²) in [6.45, 7) is 9.20. The molecule has 1 fully saturated rings. The Hall–Kier alpha value is -1.62. The number of likely N-dealkylation sites (tertiary alicyclic amines) is 1. The lowest BCUT2D eigenvalue weighted by molar-refractivity contribution is 0.159. The van der Waals surface area contributed by atoms with Gasteiger partial charge in [-0.1, -0.05) is 18.0 Å². The van der Waals surface area contributed by atoms with Gasteiger partial charge in [-0.25, -0.2) is 0 Å². The van der Waals surface area contributed by atoms with Crippen LogP contribution in [0.25, 0.3) is 0 Å². The molecule has 0 radical (unpaired) electrons. The average Bonchev–Trinajstić information content (AvgIpc) is 3.00. The van der Waals surface area contributed by atoms with Crippen LogP contribution in [-0.2, 0) is 13.1 Å². The molecule has 120 valence electrons. The van der Waals surface area contributed by atoms with Crippen molar-refractivity contribution in [1.82, 2.24) is 19.8 Å². The molecule has 2 aromatic heterocycles. The molecule has 5 heteroatoms. The van der Waals surface area contributed by atoms with Gasteiger partial charge in [-0.2, -0.15) is 5.10 Å². The molecule has 1 aliphatic heterocycles. The van der Waals surface area contributed by atoms with Crippen molar-refractivity contribution in [1.29, 1.82) is 0 Å². The van der Waals surface area contributed by atoms with E-state index in [0.29, 0.717) is 6.04 Å². The highest BCUT2D eigenvalue weighted by Gasteiger charge is 2.26. The zero-order valence-electron chi connectivity index (χ0n) is 13.9. The molecule has 0 bridgehead atoms. The summed E-state index contributed by atoms with van der Waals surface area (Å²) in [5, 5.41) is 8.65. The van der Waals surface area contributed by atoms with Crippen LogP contribution >= 0.6 is 0 Å². The molecule has 0 amide bonds. The Morgan fingerprint density at radius 2 is 2.14 bits per heavy atom. The van der Waals surface area contributed by atoms with E-state index < -0.39 is 0 Å². The summed E-state index contributed by atoms with van der Waals surface area (Å²) in [5.41, 5.74) is 3.43. The monoisotopic (exact) mass is 302 g/mol. The Balaban J connectivity index is 1.82. The Kier molecular flexibility index (Phi) is 4.62. The molecule has 22 heavy (non-hydrogen) atoms. The molecular formula is C17H26N4O. The first-order valence-corrected chi connectivity index (χ1v) is 8.37. The first-order chi connectivity index (χ1) is 10.7. The highest BCUT2D eigenvalue weighted by molar-refractivity contribution is 5.16. The van der Waals surface area contributed by atoms with Gasteiger partial charge in [-0.05, 0) is 40.2 Å². The molecule has 0 spiro atoms. The average molecular weight is 302 g/mol. The van der Waals surface area contributed by atoms with Crippen molar-refractivity contribution in [3.63, 3.8) is 0 Å².